The molecule has 2 N–H and O–H groups in total. The molecule has 0 heterocycles. The van der Waals surface area contributed by atoms with Crippen LogP contribution in [0.25, 0.3) is 0 Å². The Bertz CT molecular complexity index is 505. The molecule has 1 aromatic rings. The lowest BCUT2D eigenvalue weighted by atomic mass is 10.1. The molecule has 0 spiro atoms. The topological polar surface area (TPSA) is 69.6 Å². The van der Waals surface area contributed by atoms with E-state index in [0.717, 1.165) is 12.5 Å². The van der Waals surface area contributed by atoms with Crippen LogP contribution in [0, 0.1) is 11.7 Å². The number of carbonyl (C=O) groups excluding carboxylic acids is 1. The Morgan fingerprint density at radius 1 is 1.45 bits per heavy atom. The van der Waals surface area contributed by atoms with Crippen LogP contribution >= 0.6 is 0 Å². The average Bonchev–Trinajstić information content (AvgIpc) is 2.37. The number of urea groups is 1. The molecule has 0 fully saturated rings. The molecule has 1 atom stereocenters. The summed E-state index contributed by atoms with van der Waals surface area (Å²) in [5, 5.41) is 11.4. The highest BCUT2D eigenvalue weighted by atomic mass is 19.1. The third-order valence-electron chi connectivity index (χ3n) is 3.10. The van der Waals surface area contributed by atoms with E-state index in [1.807, 2.05) is 13.8 Å². The summed E-state index contributed by atoms with van der Waals surface area (Å²) in [6.07, 6.45) is 0.929. The molecule has 5 nitrogen and oxygen atoms in total. The number of carboxylic acid groups (broad SMARTS) is 1. The van der Waals surface area contributed by atoms with Crippen molar-refractivity contribution < 1.29 is 19.1 Å². The molecule has 6 heteroatoms. The van der Waals surface area contributed by atoms with E-state index in [1.165, 1.54) is 17.0 Å². The zero-order valence-corrected chi connectivity index (χ0v) is 11.8. The number of hydrogen-bond donors (Lipinski definition) is 2. The summed E-state index contributed by atoms with van der Waals surface area (Å²) in [7, 11) is 1.61. The molecule has 110 valence electrons. The highest BCUT2D eigenvalue weighted by molar-refractivity contribution is 6.00. The van der Waals surface area contributed by atoms with E-state index in [0.29, 0.717) is 12.5 Å². The smallest absolute Gasteiger partial charge is 0.340 e. The number of nitrogens with zero attached hydrogens (tertiary/aromatic N) is 1. The van der Waals surface area contributed by atoms with Gasteiger partial charge in [-0.1, -0.05) is 26.3 Å². The Morgan fingerprint density at radius 3 is 2.65 bits per heavy atom. The van der Waals surface area contributed by atoms with Crippen molar-refractivity contribution in [3.05, 3.63) is 29.6 Å². The Balaban J connectivity index is 2.86. The fourth-order valence-corrected chi connectivity index (χ4v) is 1.74. The van der Waals surface area contributed by atoms with Crippen LogP contribution in [0.4, 0.5) is 14.9 Å². The minimum Gasteiger partial charge on any atom is -0.478 e. The third kappa shape index (κ3) is 3.94. The number of carbonyl (C=O) groups is 2. The highest BCUT2D eigenvalue weighted by Gasteiger charge is 2.19. The molecule has 1 rings (SSSR count). The van der Waals surface area contributed by atoms with Crippen molar-refractivity contribution in [3.63, 3.8) is 0 Å². The molecule has 0 aliphatic heterocycles. The number of amides is 2. The fraction of sp³-hybridized carbons (Fsp3) is 0.429. The number of rotatable bonds is 5. The van der Waals surface area contributed by atoms with E-state index in [4.69, 9.17) is 5.11 Å². The van der Waals surface area contributed by atoms with E-state index in [2.05, 4.69) is 5.32 Å². The lowest BCUT2D eigenvalue weighted by Gasteiger charge is -2.21. The van der Waals surface area contributed by atoms with Crippen molar-refractivity contribution in [1.29, 1.82) is 0 Å². The van der Waals surface area contributed by atoms with Gasteiger partial charge in [0.1, 0.15) is 11.4 Å². The number of anilines is 1. The standard InChI is InChI=1S/C14H19FN2O3/c1-4-9(2)8-17(3)14(20)16-11-7-5-6-10(15)12(11)13(18)19/h5-7,9H,4,8H2,1-3H3,(H,16,20)(H,18,19). The summed E-state index contributed by atoms with van der Waals surface area (Å²) in [6.45, 7) is 4.57. The van der Waals surface area contributed by atoms with Gasteiger partial charge in [0.05, 0.1) is 5.69 Å². The van der Waals surface area contributed by atoms with Crippen LogP contribution < -0.4 is 5.32 Å². The first kappa shape index (κ1) is 15.9. The van der Waals surface area contributed by atoms with Crippen molar-refractivity contribution in [1.82, 2.24) is 4.90 Å². The number of halogens is 1. The first-order valence-electron chi connectivity index (χ1n) is 6.40. The lowest BCUT2D eigenvalue weighted by molar-refractivity contribution is 0.0693. The molecule has 0 saturated carbocycles. The van der Waals surface area contributed by atoms with Gasteiger partial charge < -0.3 is 15.3 Å². The molecule has 0 aliphatic rings. The van der Waals surface area contributed by atoms with Gasteiger partial charge in [-0.3, -0.25) is 0 Å². The first-order chi connectivity index (χ1) is 9.36. The Kier molecular flexibility index (Phi) is 5.49. The predicted octanol–water partition coefficient (Wildman–Crippen LogP) is 3.03. The Hall–Kier alpha value is -2.11. The summed E-state index contributed by atoms with van der Waals surface area (Å²) in [5.74, 6) is -1.96. The normalized spacial score (nSPS) is 11.8. The van der Waals surface area contributed by atoms with Crippen molar-refractivity contribution >= 4 is 17.7 Å². The quantitative estimate of drug-likeness (QED) is 0.872. The lowest BCUT2D eigenvalue weighted by Crippen LogP contribution is -2.35. The molecule has 2 amide bonds. The minimum absolute atomic E-state index is 0.0431. The second-order valence-electron chi connectivity index (χ2n) is 4.79. The fourth-order valence-electron chi connectivity index (χ4n) is 1.74. The van der Waals surface area contributed by atoms with Gasteiger partial charge in [0.2, 0.25) is 0 Å². The number of hydrogen-bond acceptors (Lipinski definition) is 2. The molecule has 0 aromatic heterocycles. The number of carboxylic acids is 1. The monoisotopic (exact) mass is 282 g/mol. The predicted molar refractivity (Wildman–Crippen MR) is 74.5 cm³/mol. The van der Waals surface area contributed by atoms with Gasteiger partial charge in [-0.2, -0.15) is 0 Å². The maximum Gasteiger partial charge on any atom is 0.340 e. The van der Waals surface area contributed by atoms with Gasteiger partial charge in [-0.05, 0) is 18.1 Å². The van der Waals surface area contributed by atoms with Crippen LogP contribution in [0.5, 0.6) is 0 Å². The second kappa shape index (κ2) is 6.88. The maximum atomic E-state index is 13.5. The molecule has 0 aliphatic carbocycles. The van der Waals surface area contributed by atoms with E-state index in [9.17, 15) is 14.0 Å². The summed E-state index contributed by atoms with van der Waals surface area (Å²) < 4.78 is 13.5. The Labute approximate surface area is 117 Å². The van der Waals surface area contributed by atoms with Crippen LogP contribution in [0.15, 0.2) is 18.2 Å². The van der Waals surface area contributed by atoms with Crippen LogP contribution in [0.2, 0.25) is 0 Å². The van der Waals surface area contributed by atoms with E-state index >= 15 is 0 Å². The molecule has 1 unspecified atom stereocenters. The largest absolute Gasteiger partial charge is 0.478 e. The zero-order valence-electron chi connectivity index (χ0n) is 11.8. The van der Waals surface area contributed by atoms with Gasteiger partial charge in [0.15, 0.2) is 0 Å². The second-order valence-corrected chi connectivity index (χ2v) is 4.79. The van der Waals surface area contributed by atoms with Gasteiger partial charge in [-0.25, -0.2) is 14.0 Å². The van der Waals surface area contributed by atoms with E-state index in [-0.39, 0.29) is 5.69 Å². The van der Waals surface area contributed by atoms with Crippen LogP contribution in [-0.4, -0.2) is 35.6 Å². The van der Waals surface area contributed by atoms with Gasteiger partial charge >= 0.3 is 12.0 Å². The van der Waals surface area contributed by atoms with E-state index < -0.39 is 23.4 Å². The van der Waals surface area contributed by atoms with Crippen LogP contribution in [0.3, 0.4) is 0 Å². The number of aromatic carboxylic acids is 1. The van der Waals surface area contributed by atoms with Gasteiger partial charge in [-0.15, -0.1) is 0 Å². The molecule has 0 bridgehead atoms. The van der Waals surface area contributed by atoms with Crippen molar-refractivity contribution in [3.8, 4) is 0 Å². The van der Waals surface area contributed by atoms with Gasteiger partial charge in [0.25, 0.3) is 0 Å². The first-order valence-corrected chi connectivity index (χ1v) is 6.40. The SMILES string of the molecule is CCC(C)CN(C)C(=O)Nc1cccc(F)c1C(=O)O. The maximum absolute atomic E-state index is 13.5. The molecule has 20 heavy (non-hydrogen) atoms. The van der Waals surface area contributed by atoms with Crippen molar-refractivity contribution in [2.24, 2.45) is 5.92 Å². The van der Waals surface area contributed by atoms with Crippen LogP contribution in [-0.2, 0) is 0 Å². The summed E-state index contributed by atoms with van der Waals surface area (Å²) >= 11 is 0. The molecule has 0 saturated heterocycles. The number of benzene rings is 1. The summed E-state index contributed by atoms with van der Waals surface area (Å²) in [6, 6.07) is 3.30. The highest BCUT2D eigenvalue weighted by Crippen LogP contribution is 2.19. The zero-order chi connectivity index (χ0) is 15.3. The van der Waals surface area contributed by atoms with E-state index in [1.54, 1.807) is 7.05 Å². The molecule has 1 aromatic carbocycles. The van der Waals surface area contributed by atoms with Gasteiger partial charge in [0, 0.05) is 13.6 Å². The Morgan fingerprint density at radius 2 is 2.10 bits per heavy atom. The number of nitrogens with one attached hydrogen (secondary N) is 1. The summed E-state index contributed by atoms with van der Waals surface area (Å²) in [5.41, 5.74) is -0.573. The average molecular weight is 282 g/mol. The molecular formula is C14H19FN2O3. The van der Waals surface area contributed by atoms with Crippen LogP contribution in [0.1, 0.15) is 30.6 Å². The van der Waals surface area contributed by atoms with Crippen molar-refractivity contribution in [2.75, 3.05) is 18.9 Å². The summed E-state index contributed by atoms with van der Waals surface area (Å²) in [4.78, 5) is 24.4. The van der Waals surface area contributed by atoms with Crippen molar-refractivity contribution in [2.45, 2.75) is 20.3 Å². The molecule has 0 radical (unpaired) electrons. The minimum atomic E-state index is -1.41. The third-order valence-corrected chi connectivity index (χ3v) is 3.10. The molecular weight excluding hydrogens is 263 g/mol.